The maximum atomic E-state index is 13.0. The van der Waals surface area contributed by atoms with E-state index in [9.17, 15) is 18.0 Å². The third-order valence-corrected chi connectivity index (χ3v) is 5.70. The highest BCUT2D eigenvalue weighted by Gasteiger charge is 2.30. The number of alkyl halides is 3. The van der Waals surface area contributed by atoms with Crippen LogP contribution >= 0.6 is 0 Å². The number of aryl methyl sites for hydroxylation is 1. The van der Waals surface area contributed by atoms with Crippen LogP contribution < -0.4 is 9.47 Å². The fourth-order valence-electron chi connectivity index (χ4n) is 3.78. The standard InChI is InChI=1S/C24H23F3N4O3/c1-15-3-8-19(30-29-15)16-9-11-31(12-10-16)23(32)20-13-21(33-2)22(14-28-20)34-18-6-4-17(5-7-18)24(25,26)27/h3-8,13-14,16H,9-12H2,1-2H3. The molecule has 1 fully saturated rings. The molecule has 0 N–H and O–H groups in total. The lowest BCUT2D eigenvalue weighted by Gasteiger charge is -2.31. The van der Waals surface area contributed by atoms with Crippen LogP contribution in [0.3, 0.4) is 0 Å². The number of carbonyl (C=O) groups is 1. The van der Waals surface area contributed by atoms with Crippen LogP contribution in [-0.2, 0) is 6.18 Å². The van der Waals surface area contributed by atoms with Crippen LogP contribution in [0.1, 0.15) is 46.2 Å². The number of hydrogen-bond donors (Lipinski definition) is 0. The van der Waals surface area contributed by atoms with E-state index in [4.69, 9.17) is 9.47 Å². The van der Waals surface area contributed by atoms with Crippen molar-refractivity contribution < 1.29 is 27.4 Å². The Kier molecular flexibility index (Phi) is 6.67. The SMILES string of the molecule is COc1cc(C(=O)N2CCC(c3ccc(C)nn3)CC2)ncc1Oc1ccc(C(F)(F)F)cc1. The molecule has 0 unspecified atom stereocenters. The number of rotatable bonds is 5. The molecule has 1 aliphatic rings. The number of benzene rings is 1. The first kappa shape index (κ1) is 23.5. The summed E-state index contributed by atoms with van der Waals surface area (Å²) >= 11 is 0. The quantitative estimate of drug-likeness (QED) is 0.519. The molecule has 10 heteroatoms. The topological polar surface area (TPSA) is 77.4 Å². The van der Waals surface area contributed by atoms with E-state index in [-0.39, 0.29) is 34.8 Å². The van der Waals surface area contributed by atoms with E-state index >= 15 is 0 Å². The van der Waals surface area contributed by atoms with E-state index < -0.39 is 11.7 Å². The second kappa shape index (κ2) is 9.66. The van der Waals surface area contributed by atoms with Crippen molar-refractivity contribution in [3.63, 3.8) is 0 Å². The van der Waals surface area contributed by atoms with E-state index in [2.05, 4.69) is 15.2 Å². The number of ether oxygens (including phenoxy) is 2. The first-order valence-electron chi connectivity index (χ1n) is 10.7. The van der Waals surface area contributed by atoms with Gasteiger partial charge in [0.15, 0.2) is 11.5 Å². The zero-order chi connectivity index (χ0) is 24.3. The minimum atomic E-state index is -4.43. The van der Waals surface area contributed by atoms with Gasteiger partial charge in [0.1, 0.15) is 11.4 Å². The zero-order valence-corrected chi connectivity index (χ0v) is 18.7. The van der Waals surface area contributed by atoms with Crippen molar-refractivity contribution in [2.24, 2.45) is 0 Å². The number of nitrogens with zero attached hydrogens (tertiary/aromatic N) is 4. The molecule has 0 spiro atoms. The third kappa shape index (κ3) is 5.27. The molecule has 178 valence electrons. The number of piperidine rings is 1. The minimum Gasteiger partial charge on any atom is -0.493 e. The van der Waals surface area contributed by atoms with Gasteiger partial charge in [0.2, 0.25) is 0 Å². The number of amides is 1. The monoisotopic (exact) mass is 472 g/mol. The molecule has 4 rings (SSSR count). The van der Waals surface area contributed by atoms with Crippen molar-refractivity contribution in [3.8, 4) is 17.2 Å². The van der Waals surface area contributed by atoms with E-state index in [1.165, 1.54) is 31.5 Å². The second-order valence-corrected chi connectivity index (χ2v) is 8.01. The van der Waals surface area contributed by atoms with Crippen LogP contribution in [0.15, 0.2) is 48.7 Å². The maximum Gasteiger partial charge on any atom is 0.416 e. The van der Waals surface area contributed by atoms with E-state index in [1.807, 2.05) is 19.1 Å². The molecule has 3 heterocycles. The Balaban J connectivity index is 1.42. The molecule has 2 aromatic heterocycles. The van der Waals surface area contributed by atoms with Crippen LogP contribution in [0.5, 0.6) is 17.2 Å². The van der Waals surface area contributed by atoms with Crippen LogP contribution in [0.4, 0.5) is 13.2 Å². The Labute approximate surface area is 194 Å². The minimum absolute atomic E-state index is 0.188. The number of pyridine rings is 1. The van der Waals surface area contributed by atoms with Gasteiger partial charge in [-0.2, -0.15) is 23.4 Å². The molecule has 7 nitrogen and oxygen atoms in total. The molecule has 1 aromatic carbocycles. The van der Waals surface area contributed by atoms with E-state index in [0.717, 1.165) is 36.4 Å². The summed E-state index contributed by atoms with van der Waals surface area (Å²) in [4.78, 5) is 18.9. The first-order chi connectivity index (χ1) is 16.2. The van der Waals surface area contributed by atoms with Crippen LogP contribution in [0.25, 0.3) is 0 Å². The molecular formula is C24H23F3N4O3. The molecule has 1 amide bonds. The van der Waals surface area contributed by atoms with Gasteiger partial charge in [-0.15, -0.1) is 0 Å². The van der Waals surface area contributed by atoms with Crippen LogP contribution in [0, 0.1) is 6.92 Å². The van der Waals surface area contributed by atoms with Gasteiger partial charge in [-0.05, 0) is 56.2 Å². The average Bonchev–Trinajstić information content (AvgIpc) is 2.84. The van der Waals surface area contributed by atoms with Gasteiger partial charge in [0, 0.05) is 25.1 Å². The lowest BCUT2D eigenvalue weighted by atomic mass is 9.93. The van der Waals surface area contributed by atoms with Crippen molar-refractivity contribution in [2.75, 3.05) is 20.2 Å². The van der Waals surface area contributed by atoms with Gasteiger partial charge in [0.25, 0.3) is 5.91 Å². The molecule has 34 heavy (non-hydrogen) atoms. The van der Waals surface area contributed by atoms with Gasteiger partial charge in [-0.1, -0.05) is 0 Å². The smallest absolute Gasteiger partial charge is 0.416 e. The van der Waals surface area contributed by atoms with Crippen molar-refractivity contribution in [2.45, 2.75) is 31.9 Å². The average molecular weight is 472 g/mol. The summed E-state index contributed by atoms with van der Waals surface area (Å²) in [6.45, 7) is 3.01. The summed E-state index contributed by atoms with van der Waals surface area (Å²) in [5, 5.41) is 8.37. The Morgan fingerprint density at radius 1 is 1.03 bits per heavy atom. The Morgan fingerprint density at radius 3 is 2.32 bits per heavy atom. The Bertz CT molecular complexity index is 1140. The summed E-state index contributed by atoms with van der Waals surface area (Å²) in [6.07, 6.45) is -1.55. The number of hydrogen-bond acceptors (Lipinski definition) is 6. The molecule has 0 aliphatic carbocycles. The molecule has 1 aliphatic heterocycles. The predicted octanol–water partition coefficient (Wildman–Crippen LogP) is 5.02. The summed E-state index contributed by atoms with van der Waals surface area (Å²) < 4.78 is 49.2. The normalized spacial score (nSPS) is 14.7. The van der Waals surface area contributed by atoms with Crippen molar-refractivity contribution in [3.05, 3.63) is 71.3 Å². The molecule has 3 aromatic rings. The highest BCUT2D eigenvalue weighted by atomic mass is 19.4. The number of aromatic nitrogens is 3. The van der Waals surface area contributed by atoms with Gasteiger partial charge in [-0.25, -0.2) is 4.98 Å². The van der Waals surface area contributed by atoms with E-state index in [1.54, 1.807) is 4.90 Å². The van der Waals surface area contributed by atoms with Gasteiger partial charge >= 0.3 is 6.18 Å². The molecule has 0 radical (unpaired) electrons. The lowest BCUT2D eigenvalue weighted by molar-refractivity contribution is -0.137. The van der Waals surface area contributed by atoms with Crippen molar-refractivity contribution in [1.29, 1.82) is 0 Å². The summed E-state index contributed by atoms with van der Waals surface area (Å²) in [7, 11) is 1.41. The highest BCUT2D eigenvalue weighted by molar-refractivity contribution is 5.93. The molecule has 1 saturated heterocycles. The number of halogens is 3. The molecule has 0 bridgehead atoms. The number of carbonyl (C=O) groups excluding carboxylic acids is 1. The van der Waals surface area contributed by atoms with Crippen LogP contribution in [0.2, 0.25) is 0 Å². The molecule has 0 saturated carbocycles. The lowest BCUT2D eigenvalue weighted by Crippen LogP contribution is -2.38. The third-order valence-electron chi connectivity index (χ3n) is 5.70. The number of methoxy groups -OCH3 is 1. The Morgan fingerprint density at radius 2 is 1.74 bits per heavy atom. The number of likely N-dealkylation sites (tertiary alicyclic amines) is 1. The first-order valence-corrected chi connectivity index (χ1v) is 10.7. The fourth-order valence-corrected chi connectivity index (χ4v) is 3.78. The second-order valence-electron chi connectivity index (χ2n) is 8.01. The van der Waals surface area contributed by atoms with E-state index in [0.29, 0.717) is 13.1 Å². The largest absolute Gasteiger partial charge is 0.493 e. The fraction of sp³-hybridized carbons (Fsp3) is 0.333. The van der Waals surface area contributed by atoms with Gasteiger partial charge in [-0.3, -0.25) is 4.79 Å². The molecular weight excluding hydrogens is 449 g/mol. The summed E-state index contributed by atoms with van der Waals surface area (Å²) in [5.41, 5.74) is 1.22. The van der Waals surface area contributed by atoms with Crippen LogP contribution in [-0.4, -0.2) is 46.2 Å². The maximum absolute atomic E-state index is 13.0. The van der Waals surface area contributed by atoms with Crippen molar-refractivity contribution >= 4 is 5.91 Å². The van der Waals surface area contributed by atoms with Crippen molar-refractivity contribution in [1.82, 2.24) is 20.1 Å². The zero-order valence-electron chi connectivity index (χ0n) is 18.7. The van der Waals surface area contributed by atoms with Gasteiger partial charge < -0.3 is 14.4 Å². The van der Waals surface area contributed by atoms with Gasteiger partial charge in [0.05, 0.1) is 30.3 Å². The summed E-state index contributed by atoms with van der Waals surface area (Å²) in [5.74, 6) is 0.652. The molecule has 0 atom stereocenters. The highest BCUT2D eigenvalue weighted by Crippen LogP contribution is 2.35. The predicted molar refractivity (Wildman–Crippen MR) is 117 cm³/mol. The Hall–Kier alpha value is -3.69. The summed E-state index contributed by atoms with van der Waals surface area (Å²) in [6, 6.07) is 9.67.